The molecule has 0 bridgehead atoms. The van der Waals surface area contributed by atoms with Crippen molar-refractivity contribution in [3.05, 3.63) is 46.4 Å². The van der Waals surface area contributed by atoms with Gasteiger partial charge in [-0.3, -0.25) is 0 Å². The maximum atomic E-state index is 6.30. The van der Waals surface area contributed by atoms with Crippen LogP contribution in [0.4, 0.5) is 5.13 Å². The number of nitrogens with zero attached hydrogens (tertiary/aromatic N) is 4. The lowest BCUT2D eigenvalue weighted by atomic mass is 10.2. The SMILES string of the molecule is CC(C)c1nc(C2CCCN2c2nc(-c3ccccc3Cl)cs2)no1. The van der Waals surface area contributed by atoms with Crippen LogP contribution in [0.25, 0.3) is 11.3 Å². The van der Waals surface area contributed by atoms with Crippen LogP contribution >= 0.6 is 22.9 Å². The molecule has 3 aromatic rings. The average Bonchev–Trinajstić information content (AvgIpc) is 3.33. The van der Waals surface area contributed by atoms with Crippen LogP contribution in [-0.2, 0) is 0 Å². The summed E-state index contributed by atoms with van der Waals surface area (Å²) in [5, 5.41) is 7.96. The molecule has 0 radical (unpaired) electrons. The number of aromatic nitrogens is 3. The predicted molar refractivity (Wildman–Crippen MR) is 100 cm³/mol. The van der Waals surface area contributed by atoms with E-state index in [4.69, 9.17) is 21.1 Å². The Morgan fingerprint density at radius 3 is 2.88 bits per heavy atom. The van der Waals surface area contributed by atoms with Crippen molar-refractivity contribution >= 4 is 28.1 Å². The fourth-order valence-corrected chi connectivity index (χ4v) is 4.20. The minimum Gasteiger partial charge on any atom is -0.339 e. The van der Waals surface area contributed by atoms with Gasteiger partial charge in [0.25, 0.3) is 0 Å². The van der Waals surface area contributed by atoms with Gasteiger partial charge in [-0.1, -0.05) is 48.8 Å². The molecule has 130 valence electrons. The third kappa shape index (κ3) is 3.16. The molecule has 1 fully saturated rings. The van der Waals surface area contributed by atoms with Gasteiger partial charge in [0.15, 0.2) is 11.0 Å². The molecule has 5 nitrogen and oxygen atoms in total. The molecule has 3 heterocycles. The molecule has 1 unspecified atom stereocenters. The zero-order chi connectivity index (χ0) is 17.4. The fourth-order valence-electron chi connectivity index (χ4n) is 3.07. The Labute approximate surface area is 155 Å². The van der Waals surface area contributed by atoms with Gasteiger partial charge in [-0.15, -0.1) is 11.3 Å². The Morgan fingerprint density at radius 2 is 2.12 bits per heavy atom. The molecule has 0 N–H and O–H groups in total. The molecule has 4 rings (SSSR count). The molecule has 1 atom stereocenters. The van der Waals surface area contributed by atoms with E-state index in [9.17, 15) is 0 Å². The van der Waals surface area contributed by atoms with Gasteiger partial charge in [-0.2, -0.15) is 4.98 Å². The monoisotopic (exact) mass is 374 g/mol. The molecule has 0 saturated carbocycles. The second kappa shape index (κ2) is 6.77. The smallest absolute Gasteiger partial charge is 0.229 e. The van der Waals surface area contributed by atoms with E-state index in [0.29, 0.717) is 5.89 Å². The molecular weight excluding hydrogens is 356 g/mol. The van der Waals surface area contributed by atoms with E-state index in [1.807, 2.05) is 24.3 Å². The largest absolute Gasteiger partial charge is 0.339 e. The highest BCUT2D eigenvalue weighted by atomic mass is 35.5. The van der Waals surface area contributed by atoms with Crippen LogP contribution in [0.15, 0.2) is 34.2 Å². The summed E-state index contributed by atoms with van der Waals surface area (Å²) in [6.45, 7) is 5.06. The summed E-state index contributed by atoms with van der Waals surface area (Å²) >= 11 is 7.94. The molecule has 25 heavy (non-hydrogen) atoms. The van der Waals surface area contributed by atoms with E-state index in [0.717, 1.165) is 46.6 Å². The normalized spacial score (nSPS) is 17.6. The quantitative estimate of drug-likeness (QED) is 0.619. The summed E-state index contributed by atoms with van der Waals surface area (Å²) in [6, 6.07) is 7.92. The summed E-state index contributed by atoms with van der Waals surface area (Å²) < 4.78 is 5.39. The van der Waals surface area contributed by atoms with Gasteiger partial charge in [-0.25, -0.2) is 4.98 Å². The van der Waals surface area contributed by atoms with Crippen LogP contribution in [0.3, 0.4) is 0 Å². The van der Waals surface area contributed by atoms with Crippen LogP contribution in [0, 0.1) is 0 Å². The van der Waals surface area contributed by atoms with E-state index in [-0.39, 0.29) is 12.0 Å². The highest BCUT2D eigenvalue weighted by Crippen LogP contribution is 2.39. The number of anilines is 1. The Balaban J connectivity index is 1.61. The number of halogens is 1. The fraction of sp³-hybridized carbons (Fsp3) is 0.389. The van der Waals surface area contributed by atoms with Gasteiger partial charge < -0.3 is 9.42 Å². The van der Waals surface area contributed by atoms with Gasteiger partial charge in [-0.05, 0) is 18.9 Å². The van der Waals surface area contributed by atoms with Gasteiger partial charge in [0.1, 0.15) is 0 Å². The van der Waals surface area contributed by atoms with Crippen LogP contribution in [0.1, 0.15) is 50.4 Å². The number of thiazole rings is 1. The maximum Gasteiger partial charge on any atom is 0.229 e. The Kier molecular flexibility index (Phi) is 4.48. The summed E-state index contributed by atoms with van der Waals surface area (Å²) in [6.07, 6.45) is 2.11. The maximum absolute atomic E-state index is 6.30. The lowest BCUT2D eigenvalue weighted by Gasteiger charge is -2.21. The topological polar surface area (TPSA) is 55.1 Å². The first-order valence-electron chi connectivity index (χ1n) is 8.44. The van der Waals surface area contributed by atoms with E-state index in [2.05, 4.69) is 34.3 Å². The number of rotatable bonds is 4. The molecule has 0 aliphatic carbocycles. The van der Waals surface area contributed by atoms with Crippen LogP contribution in [-0.4, -0.2) is 21.7 Å². The van der Waals surface area contributed by atoms with E-state index in [1.54, 1.807) is 11.3 Å². The van der Waals surface area contributed by atoms with Gasteiger partial charge in [0, 0.05) is 28.4 Å². The van der Waals surface area contributed by atoms with Gasteiger partial charge >= 0.3 is 0 Å². The average molecular weight is 375 g/mol. The molecular formula is C18H19ClN4OS. The van der Waals surface area contributed by atoms with Gasteiger partial charge in [0.05, 0.1) is 11.7 Å². The molecule has 0 spiro atoms. The molecule has 1 saturated heterocycles. The zero-order valence-corrected chi connectivity index (χ0v) is 15.7. The van der Waals surface area contributed by atoms with Crippen molar-refractivity contribution in [2.45, 2.75) is 38.6 Å². The molecule has 1 aromatic carbocycles. The lowest BCUT2D eigenvalue weighted by Crippen LogP contribution is -2.23. The van der Waals surface area contributed by atoms with Crippen molar-refractivity contribution < 1.29 is 4.52 Å². The highest BCUT2D eigenvalue weighted by Gasteiger charge is 2.32. The standard InChI is InChI=1S/C18H19ClN4OS/c1-11(2)17-21-16(22-24-17)15-8-5-9-23(15)18-20-14(10-25-18)12-6-3-4-7-13(12)19/h3-4,6-7,10-11,15H,5,8-9H2,1-2H3. The molecule has 0 amide bonds. The molecule has 1 aliphatic heterocycles. The lowest BCUT2D eigenvalue weighted by molar-refractivity contribution is 0.358. The number of hydrogen-bond donors (Lipinski definition) is 0. The minimum absolute atomic E-state index is 0.126. The number of hydrogen-bond acceptors (Lipinski definition) is 6. The summed E-state index contributed by atoms with van der Waals surface area (Å²) in [4.78, 5) is 11.7. The van der Waals surface area contributed by atoms with Crippen molar-refractivity contribution in [2.75, 3.05) is 11.4 Å². The van der Waals surface area contributed by atoms with Crippen molar-refractivity contribution in [2.24, 2.45) is 0 Å². The summed E-state index contributed by atoms with van der Waals surface area (Å²) in [5.74, 6) is 1.69. The van der Waals surface area contributed by atoms with E-state index >= 15 is 0 Å². The summed E-state index contributed by atoms with van der Waals surface area (Å²) in [5.41, 5.74) is 1.87. The first-order valence-corrected chi connectivity index (χ1v) is 9.70. The van der Waals surface area contributed by atoms with E-state index < -0.39 is 0 Å². The van der Waals surface area contributed by atoms with Crippen LogP contribution in [0.5, 0.6) is 0 Å². The zero-order valence-electron chi connectivity index (χ0n) is 14.1. The summed E-state index contributed by atoms with van der Waals surface area (Å²) in [7, 11) is 0. The van der Waals surface area contributed by atoms with Crippen molar-refractivity contribution in [1.82, 2.24) is 15.1 Å². The van der Waals surface area contributed by atoms with Crippen molar-refractivity contribution in [3.63, 3.8) is 0 Å². The minimum atomic E-state index is 0.126. The van der Waals surface area contributed by atoms with Gasteiger partial charge in [0.2, 0.25) is 5.89 Å². The Morgan fingerprint density at radius 1 is 1.28 bits per heavy atom. The first-order chi connectivity index (χ1) is 12.1. The molecule has 7 heteroatoms. The highest BCUT2D eigenvalue weighted by molar-refractivity contribution is 7.14. The predicted octanol–water partition coefficient (Wildman–Crippen LogP) is 5.31. The Hall–Kier alpha value is -1.92. The van der Waals surface area contributed by atoms with Crippen LogP contribution in [0.2, 0.25) is 5.02 Å². The second-order valence-corrected chi connectivity index (χ2v) is 7.74. The number of benzene rings is 1. The molecule has 2 aromatic heterocycles. The first kappa shape index (κ1) is 16.5. The van der Waals surface area contributed by atoms with Crippen molar-refractivity contribution in [3.8, 4) is 11.3 Å². The van der Waals surface area contributed by atoms with Crippen molar-refractivity contribution in [1.29, 1.82) is 0 Å². The Bertz CT molecular complexity index is 875. The third-order valence-corrected chi connectivity index (χ3v) is 5.60. The van der Waals surface area contributed by atoms with E-state index in [1.165, 1.54) is 0 Å². The third-order valence-electron chi connectivity index (χ3n) is 4.39. The molecule has 1 aliphatic rings. The van der Waals surface area contributed by atoms with Crippen LogP contribution < -0.4 is 4.90 Å². The second-order valence-electron chi connectivity index (χ2n) is 6.49.